The zero-order valence-corrected chi connectivity index (χ0v) is 7.46. The van der Waals surface area contributed by atoms with E-state index in [9.17, 15) is 0 Å². The summed E-state index contributed by atoms with van der Waals surface area (Å²) in [6.45, 7) is 5.34. The lowest BCUT2D eigenvalue weighted by Crippen LogP contribution is -2.46. The molecule has 3 nitrogen and oxygen atoms in total. The van der Waals surface area contributed by atoms with Gasteiger partial charge in [-0.1, -0.05) is 6.92 Å². The van der Waals surface area contributed by atoms with E-state index in [-0.39, 0.29) is 11.7 Å². The number of nitrogens with two attached hydrogens (primary N) is 1. The van der Waals surface area contributed by atoms with Crippen molar-refractivity contribution in [2.45, 2.75) is 25.6 Å². The molecular weight excluding hydrogens is 142 g/mol. The maximum Gasteiger partial charge on any atom is 0.108 e. The zero-order valence-electron chi connectivity index (χ0n) is 7.46. The Hall–Kier alpha value is -0.120. The van der Waals surface area contributed by atoms with Crippen LogP contribution >= 0.6 is 0 Å². The summed E-state index contributed by atoms with van der Waals surface area (Å²) in [4.78, 5) is 0. The number of rotatable bonds is 2. The summed E-state index contributed by atoms with van der Waals surface area (Å²) in [5.74, 6) is 0.387. The van der Waals surface area contributed by atoms with Crippen LogP contribution in [0.25, 0.3) is 0 Å². The van der Waals surface area contributed by atoms with E-state index in [1.807, 2.05) is 0 Å². The summed E-state index contributed by atoms with van der Waals surface area (Å²) >= 11 is 0. The van der Waals surface area contributed by atoms with Gasteiger partial charge >= 0.3 is 0 Å². The fourth-order valence-corrected chi connectivity index (χ4v) is 1.55. The van der Waals surface area contributed by atoms with Gasteiger partial charge in [0.25, 0.3) is 0 Å². The van der Waals surface area contributed by atoms with Gasteiger partial charge in [0.2, 0.25) is 0 Å². The Morgan fingerprint density at radius 3 is 2.45 bits per heavy atom. The molecule has 3 heteroatoms. The van der Waals surface area contributed by atoms with Crippen LogP contribution in [0.2, 0.25) is 0 Å². The first-order chi connectivity index (χ1) is 5.16. The van der Waals surface area contributed by atoms with Crippen LogP contribution in [0.15, 0.2) is 0 Å². The molecule has 1 aliphatic heterocycles. The van der Waals surface area contributed by atoms with Crippen molar-refractivity contribution in [1.29, 1.82) is 0 Å². The quantitative estimate of drug-likeness (QED) is 0.633. The molecule has 0 spiro atoms. The summed E-state index contributed by atoms with van der Waals surface area (Å²) in [5.41, 5.74) is 5.39. The van der Waals surface area contributed by atoms with E-state index in [0.29, 0.717) is 19.1 Å². The van der Waals surface area contributed by atoms with Gasteiger partial charge in [0.15, 0.2) is 0 Å². The van der Waals surface area contributed by atoms with Crippen LogP contribution in [0.5, 0.6) is 0 Å². The molecule has 66 valence electrons. The van der Waals surface area contributed by atoms with Gasteiger partial charge in [0, 0.05) is 19.6 Å². The third kappa shape index (κ3) is 1.28. The van der Waals surface area contributed by atoms with Crippen molar-refractivity contribution < 1.29 is 9.47 Å². The number of hydrogen-bond acceptors (Lipinski definition) is 3. The Bertz CT molecular complexity index is 134. The molecule has 0 saturated carbocycles. The monoisotopic (exact) mass is 159 g/mol. The largest absolute Gasteiger partial charge is 0.375 e. The second-order valence-corrected chi connectivity index (χ2v) is 3.28. The second kappa shape index (κ2) is 3.09. The summed E-state index contributed by atoms with van der Waals surface area (Å²) in [5, 5.41) is 0. The standard InChI is InChI=1S/C8H17NO2/c1-6-7(2)11-5-8(6,4-9)10-3/h6-7H,4-5,9H2,1-3H3. The molecule has 3 atom stereocenters. The molecule has 11 heavy (non-hydrogen) atoms. The lowest BCUT2D eigenvalue weighted by Gasteiger charge is -2.29. The molecule has 1 heterocycles. The van der Waals surface area contributed by atoms with Crippen molar-refractivity contribution in [3.05, 3.63) is 0 Å². The van der Waals surface area contributed by atoms with E-state index in [1.165, 1.54) is 0 Å². The van der Waals surface area contributed by atoms with Crippen LogP contribution in [0.1, 0.15) is 13.8 Å². The maximum atomic E-state index is 5.63. The van der Waals surface area contributed by atoms with Gasteiger partial charge in [-0.3, -0.25) is 0 Å². The first-order valence-corrected chi connectivity index (χ1v) is 4.03. The Labute approximate surface area is 67.9 Å². The second-order valence-electron chi connectivity index (χ2n) is 3.28. The molecule has 1 rings (SSSR count). The van der Waals surface area contributed by atoms with Crippen molar-refractivity contribution in [2.24, 2.45) is 11.7 Å². The molecule has 0 amide bonds. The topological polar surface area (TPSA) is 44.5 Å². The SMILES string of the molecule is COC1(CN)COC(C)C1C. The lowest BCUT2D eigenvalue weighted by molar-refractivity contribution is -0.0296. The lowest BCUT2D eigenvalue weighted by atomic mass is 9.88. The highest BCUT2D eigenvalue weighted by molar-refractivity contribution is 4.94. The number of ether oxygens (including phenoxy) is 2. The Balaban J connectivity index is 2.69. The van der Waals surface area contributed by atoms with Gasteiger partial charge in [-0.05, 0) is 6.92 Å². The van der Waals surface area contributed by atoms with Gasteiger partial charge in [-0.2, -0.15) is 0 Å². The predicted octanol–water partition coefficient (Wildman–Crippen LogP) is 0.385. The Kier molecular flexibility index (Phi) is 2.52. The van der Waals surface area contributed by atoms with Gasteiger partial charge in [0.05, 0.1) is 12.7 Å². The van der Waals surface area contributed by atoms with Crippen molar-refractivity contribution in [3.63, 3.8) is 0 Å². The highest BCUT2D eigenvalue weighted by Gasteiger charge is 2.44. The normalized spacial score (nSPS) is 44.7. The van der Waals surface area contributed by atoms with Crippen LogP contribution in [-0.2, 0) is 9.47 Å². The molecule has 0 aromatic heterocycles. The fourth-order valence-electron chi connectivity index (χ4n) is 1.55. The van der Waals surface area contributed by atoms with Gasteiger partial charge < -0.3 is 15.2 Å². The summed E-state index contributed by atoms with van der Waals surface area (Å²) in [7, 11) is 1.70. The fraction of sp³-hybridized carbons (Fsp3) is 1.00. The number of methoxy groups -OCH3 is 1. The molecule has 3 unspecified atom stereocenters. The third-order valence-electron chi connectivity index (χ3n) is 2.88. The van der Waals surface area contributed by atoms with Crippen LogP contribution in [0.3, 0.4) is 0 Å². The van der Waals surface area contributed by atoms with Crippen LogP contribution in [0.4, 0.5) is 0 Å². The van der Waals surface area contributed by atoms with Gasteiger partial charge in [0.1, 0.15) is 5.60 Å². The molecule has 0 aliphatic carbocycles. The molecular formula is C8H17NO2. The molecule has 2 N–H and O–H groups in total. The first kappa shape index (κ1) is 8.97. The van der Waals surface area contributed by atoms with E-state index in [0.717, 1.165) is 0 Å². The molecule has 0 aromatic rings. The average molecular weight is 159 g/mol. The minimum Gasteiger partial charge on any atom is -0.375 e. The van der Waals surface area contributed by atoms with Crippen molar-refractivity contribution >= 4 is 0 Å². The molecule has 0 radical (unpaired) electrons. The Morgan fingerprint density at radius 2 is 2.27 bits per heavy atom. The van der Waals surface area contributed by atoms with Crippen LogP contribution in [-0.4, -0.2) is 32.0 Å². The smallest absolute Gasteiger partial charge is 0.108 e. The molecule has 1 saturated heterocycles. The highest BCUT2D eigenvalue weighted by atomic mass is 16.6. The average Bonchev–Trinajstić information content (AvgIpc) is 2.32. The summed E-state index contributed by atoms with van der Waals surface area (Å²) in [6, 6.07) is 0. The zero-order chi connectivity index (χ0) is 8.48. The van der Waals surface area contributed by atoms with Crippen molar-refractivity contribution in [3.8, 4) is 0 Å². The summed E-state index contributed by atoms with van der Waals surface area (Å²) in [6.07, 6.45) is 0.262. The minimum atomic E-state index is -0.237. The van der Waals surface area contributed by atoms with E-state index in [4.69, 9.17) is 15.2 Å². The first-order valence-electron chi connectivity index (χ1n) is 4.03. The minimum absolute atomic E-state index is 0.237. The van der Waals surface area contributed by atoms with E-state index in [1.54, 1.807) is 7.11 Å². The van der Waals surface area contributed by atoms with Gasteiger partial charge in [-0.15, -0.1) is 0 Å². The van der Waals surface area contributed by atoms with Crippen LogP contribution < -0.4 is 5.73 Å². The van der Waals surface area contributed by atoms with E-state index >= 15 is 0 Å². The number of hydrogen-bond donors (Lipinski definition) is 1. The van der Waals surface area contributed by atoms with E-state index < -0.39 is 0 Å². The predicted molar refractivity (Wildman–Crippen MR) is 43.4 cm³/mol. The molecule has 1 aliphatic rings. The van der Waals surface area contributed by atoms with Crippen LogP contribution in [0, 0.1) is 5.92 Å². The van der Waals surface area contributed by atoms with Gasteiger partial charge in [-0.25, -0.2) is 0 Å². The molecule has 0 aromatic carbocycles. The summed E-state index contributed by atoms with van der Waals surface area (Å²) < 4.78 is 10.8. The van der Waals surface area contributed by atoms with Crippen molar-refractivity contribution in [2.75, 3.05) is 20.3 Å². The third-order valence-corrected chi connectivity index (χ3v) is 2.88. The molecule has 1 fully saturated rings. The van der Waals surface area contributed by atoms with E-state index in [2.05, 4.69) is 13.8 Å². The highest BCUT2D eigenvalue weighted by Crippen LogP contribution is 2.32. The van der Waals surface area contributed by atoms with Crippen molar-refractivity contribution in [1.82, 2.24) is 0 Å². The maximum absolute atomic E-state index is 5.63. The molecule has 0 bridgehead atoms. The Morgan fingerprint density at radius 1 is 1.64 bits per heavy atom.